The van der Waals surface area contributed by atoms with E-state index in [0.717, 1.165) is 11.1 Å². The number of rotatable bonds is 4. The zero-order valence-corrected chi connectivity index (χ0v) is 14.3. The smallest absolute Gasteiger partial charge is 0.373 e. The summed E-state index contributed by atoms with van der Waals surface area (Å²) in [7, 11) is 0. The molecule has 0 bridgehead atoms. The van der Waals surface area contributed by atoms with Gasteiger partial charge in [0, 0.05) is 18.0 Å². The lowest BCUT2D eigenvalue weighted by Crippen LogP contribution is -2.19. The predicted octanol–water partition coefficient (Wildman–Crippen LogP) is 4.66. The van der Waals surface area contributed by atoms with Crippen molar-refractivity contribution in [2.45, 2.75) is 47.0 Å². The number of aromatic carboxylic acids is 1. The van der Waals surface area contributed by atoms with E-state index in [9.17, 15) is 4.79 Å². The third-order valence-corrected chi connectivity index (χ3v) is 4.31. The Hall–Kier alpha value is -2.23. The van der Waals surface area contributed by atoms with Gasteiger partial charge >= 0.3 is 5.97 Å². The molecule has 0 saturated carbocycles. The van der Waals surface area contributed by atoms with Gasteiger partial charge in [-0.2, -0.15) is 0 Å². The summed E-state index contributed by atoms with van der Waals surface area (Å²) in [6.07, 6.45) is 13.0. The Balaban J connectivity index is 2.17. The summed E-state index contributed by atoms with van der Waals surface area (Å²) in [6, 6.07) is 0. The van der Waals surface area contributed by atoms with Crippen molar-refractivity contribution in [2.24, 2.45) is 5.41 Å². The summed E-state index contributed by atoms with van der Waals surface area (Å²) >= 11 is 0. The molecule has 0 saturated heterocycles. The highest BCUT2D eigenvalue weighted by Crippen LogP contribution is 2.40. The van der Waals surface area contributed by atoms with Gasteiger partial charge in [0.05, 0.1) is 0 Å². The van der Waals surface area contributed by atoms with Crippen LogP contribution in [0.4, 0.5) is 0 Å². The summed E-state index contributed by atoms with van der Waals surface area (Å²) in [5.41, 5.74) is 5.00. The molecule has 122 valence electrons. The highest BCUT2D eigenvalue weighted by Gasteiger charge is 2.26. The maximum atomic E-state index is 10.7. The molecule has 0 unspecified atom stereocenters. The number of aromatic nitrogens is 2. The van der Waals surface area contributed by atoms with Gasteiger partial charge in [-0.3, -0.25) is 0 Å². The molecule has 1 aliphatic rings. The minimum atomic E-state index is -1.11. The molecule has 2 rings (SSSR count). The highest BCUT2D eigenvalue weighted by atomic mass is 16.4. The van der Waals surface area contributed by atoms with E-state index < -0.39 is 5.97 Å². The van der Waals surface area contributed by atoms with Crippen molar-refractivity contribution in [1.29, 1.82) is 0 Å². The van der Waals surface area contributed by atoms with Gasteiger partial charge in [0.25, 0.3) is 0 Å². The average Bonchev–Trinajstić information content (AvgIpc) is 2.46. The highest BCUT2D eigenvalue weighted by molar-refractivity contribution is 5.83. The first-order chi connectivity index (χ1) is 10.8. The van der Waals surface area contributed by atoms with Crippen LogP contribution in [0.3, 0.4) is 0 Å². The Labute approximate surface area is 137 Å². The molecule has 4 heteroatoms. The van der Waals surface area contributed by atoms with Crippen molar-refractivity contribution >= 4 is 12.0 Å². The molecule has 0 spiro atoms. The van der Waals surface area contributed by atoms with Crippen molar-refractivity contribution in [3.05, 3.63) is 52.7 Å². The number of carbonyl (C=O) groups is 1. The quantitative estimate of drug-likeness (QED) is 0.821. The van der Waals surface area contributed by atoms with Crippen LogP contribution in [0.15, 0.2) is 41.3 Å². The zero-order chi connectivity index (χ0) is 17.0. The summed E-state index contributed by atoms with van der Waals surface area (Å²) in [5, 5.41) is 8.80. The number of hydrogen-bond acceptors (Lipinski definition) is 3. The van der Waals surface area contributed by atoms with E-state index >= 15 is 0 Å². The number of carboxylic acid groups (broad SMARTS) is 1. The summed E-state index contributed by atoms with van der Waals surface area (Å²) in [4.78, 5) is 18.4. The van der Waals surface area contributed by atoms with Crippen molar-refractivity contribution < 1.29 is 9.90 Å². The van der Waals surface area contributed by atoms with Crippen molar-refractivity contribution in [1.82, 2.24) is 9.97 Å². The van der Waals surface area contributed by atoms with Gasteiger partial charge < -0.3 is 5.11 Å². The van der Waals surface area contributed by atoms with E-state index in [4.69, 9.17) is 5.11 Å². The minimum absolute atomic E-state index is 0.180. The fourth-order valence-corrected chi connectivity index (χ4v) is 3.06. The number of allylic oxidation sites excluding steroid dienone is 5. The Morgan fingerprint density at radius 3 is 2.52 bits per heavy atom. The number of hydrogen-bond donors (Lipinski definition) is 1. The first kappa shape index (κ1) is 17.1. The van der Waals surface area contributed by atoms with Crippen LogP contribution in [0.2, 0.25) is 0 Å². The molecule has 0 aliphatic heterocycles. The molecule has 1 aliphatic carbocycles. The number of carboxylic acids is 1. The number of nitrogens with zero attached hydrogens (tertiary/aromatic N) is 2. The normalized spacial score (nSPS) is 18.5. The Bertz CT molecular complexity index is 680. The lowest BCUT2D eigenvalue weighted by molar-refractivity contribution is 0.0683. The standard InChI is InChI=1S/C19H24N2O2/c1-13(10-15-11-20-17(18(22)23)21-12-15)7-8-16-14(2)6-5-9-19(16,3)4/h7-8,10-12H,5-6,9H2,1-4H3,(H,22,23)/b8-7?,13-10+. The third kappa shape index (κ3) is 4.38. The van der Waals surface area contributed by atoms with Gasteiger partial charge in [0.15, 0.2) is 0 Å². The van der Waals surface area contributed by atoms with E-state index in [1.165, 1.54) is 42.8 Å². The third-order valence-electron chi connectivity index (χ3n) is 4.31. The molecular weight excluding hydrogens is 288 g/mol. The van der Waals surface area contributed by atoms with E-state index in [0.29, 0.717) is 0 Å². The summed E-state index contributed by atoms with van der Waals surface area (Å²) in [6.45, 7) is 8.84. The maximum absolute atomic E-state index is 10.7. The van der Waals surface area contributed by atoms with Crippen LogP contribution in [-0.4, -0.2) is 21.0 Å². The fraction of sp³-hybridized carbons (Fsp3) is 0.421. The van der Waals surface area contributed by atoms with Gasteiger partial charge in [-0.25, -0.2) is 14.8 Å². The molecule has 23 heavy (non-hydrogen) atoms. The molecule has 0 amide bonds. The van der Waals surface area contributed by atoms with Crippen molar-refractivity contribution in [3.8, 4) is 0 Å². The fourth-order valence-electron chi connectivity index (χ4n) is 3.06. The maximum Gasteiger partial charge on any atom is 0.373 e. The van der Waals surface area contributed by atoms with E-state index in [1.54, 1.807) is 0 Å². The Morgan fingerprint density at radius 2 is 1.96 bits per heavy atom. The van der Waals surface area contributed by atoms with Crippen LogP contribution in [0.25, 0.3) is 6.08 Å². The predicted molar refractivity (Wildman–Crippen MR) is 92.1 cm³/mol. The van der Waals surface area contributed by atoms with Crippen molar-refractivity contribution in [3.63, 3.8) is 0 Å². The first-order valence-corrected chi connectivity index (χ1v) is 7.91. The monoisotopic (exact) mass is 312 g/mol. The molecule has 1 N–H and O–H groups in total. The van der Waals surface area contributed by atoms with E-state index in [1.807, 2.05) is 13.0 Å². The largest absolute Gasteiger partial charge is 0.475 e. The Kier molecular flexibility index (Phi) is 5.14. The SMILES string of the molecule is CC1=C(C=C/C(C)=C/c2cnc(C(=O)O)nc2)C(C)(C)CCC1. The zero-order valence-electron chi connectivity index (χ0n) is 14.3. The van der Waals surface area contributed by atoms with Crippen LogP contribution in [0, 0.1) is 5.41 Å². The molecule has 0 fully saturated rings. The van der Waals surface area contributed by atoms with Crippen LogP contribution in [0.5, 0.6) is 0 Å². The Morgan fingerprint density at radius 1 is 1.30 bits per heavy atom. The first-order valence-electron chi connectivity index (χ1n) is 7.91. The lowest BCUT2D eigenvalue weighted by Gasteiger charge is -2.32. The molecule has 0 aromatic carbocycles. The second kappa shape index (κ2) is 6.90. The molecule has 4 nitrogen and oxygen atoms in total. The van der Waals surface area contributed by atoms with E-state index in [-0.39, 0.29) is 11.2 Å². The molecule has 1 aromatic rings. The lowest BCUT2D eigenvalue weighted by atomic mass is 9.72. The van der Waals surface area contributed by atoms with Gasteiger partial charge in [-0.05, 0) is 50.2 Å². The van der Waals surface area contributed by atoms with Gasteiger partial charge in [0.1, 0.15) is 0 Å². The van der Waals surface area contributed by atoms with Crippen LogP contribution < -0.4 is 0 Å². The molecular formula is C19H24N2O2. The average molecular weight is 312 g/mol. The summed E-state index contributed by atoms with van der Waals surface area (Å²) in [5.74, 6) is -1.29. The van der Waals surface area contributed by atoms with Crippen LogP contribution in [-0.2, 0) is 0 Å². The van der Waals surface area contributed by atoms with Gasteiger partial charge in [-0.1, -0.05) is 37.1 Å². The summed E-state index contributed by atoms with van der Waals surface area (Å²) < 4.78 is 0. The molecule has 0 atom stereocenters. The molecule has 1 aromatic heterocycles. The van der Waals surface area contributed by atoms with Gasteiger partial charge in [0.2, 0.25) is 5.82 Å². The molecule has 1 heterocycles. The molecule has 0 radical (unpaired) electrons. The second-order valence-corrected chi connectivity index (χ2v) is 6.80. The van der Waals surface area contributed by atoms with Crippen LogP contribution in [0.1, 0.15) is 63.1 Å². The second-order valence-electron chi connectivity index (χ2n) is 6.80. The minimum Gasteiger partial charge on any atom is -0.475 e. The van der Waals surface area contributed by atoms with Crippen molar-refractivity contribution in [2.75, 3.05) is 0 Å². The topological polar surface area (TPSA) is 63.1 Å². The van der Waals surface area contributed by atoms with E-state index in [2.05, 4.69) is 42.9 Å². The van der Waals surface area contributed by atoms with Crippen LogP contribution >= 0.6 is 0 Å². The van der Waals surface area contributed by atoms with Gasteiger partial charge in [-0.15, -0.1) is 0 Å².